The Morgan fingerprint density at radius 1 is 1.58 bits per heavy atom. The van der Waals surface area contributed by atoms with Gasteiger partial charge < -0.3 is 20.1 Å². The molecule has 0 bridgehead atoms. The first kappa shape index (κ1) is 14.3. The van der Waals surface area contributed by atoms with E-state index in [0.29, 0.717) is 11.2 Å². The summed E-state index contributed by atoms with van der Waals surface area (Å²) in [6.07, 6.45) is 0.658. The zero-order chi connectivity index (χ0) is 14.0. The molecule has 7 nitrogen and oxygen atoms in total. The molecule has 19 heavy (non-hydrogen) atoms. The van der Waals surface area contributed by atoms with Crippen molar-refractivity contribution < 1.29 is 22.8 Å². The summed E-state index contributed by atoms with van der Waals surface area (Å²) in [7, 11) is -4.44. The van der Waals surface area contributed by atoms with Crippen LogP contribution in [0.4, 0.5) is 0 Å². The van der Waals surface area contributed by atoms with Gasteiger partial charge in [-0.25, -0.2) is 8.42 Å². The molecule has 0 radical (unpaired) electrons. The van der Waals surface area contributed by atoms with E-state index in [1.165, 1.54) is 0 Å². The first-order valence-corrected chi connectivity index (χ1v) is 7.55. The molecule has 0 amide bonds. The Balaban J connectivity index is 2.17. The number of hydrogen-bond donors (Lipinski definition) is 3. The van der Waals surface area contributed by atoms with Crippen LogP contribution in [0.3, 0.4) is 0 Å². The van der Waals surface area contributed by atoms with Crippen molar-refractivity contribution in [2.24, 2.45) is 5.73 Å². The molecule has 0 fully saturated rings. The molecule has 1 unspecified atom stereocenters. The molecule has 4 N–H and O–H groups in total. The Hall–Kier alpha value is -1.13. The third-order valence-corrected chi connectivity index (χ3v) is 3.39. The predicted molar refractivity (Wildman–Crippen MR) is 70.4 cm³/mol. The maximum Gasteiger partial charge on any atom is 0.495 e. The van der Waals surface area contributed by atoms with Crippen molar-refractivity contribution in [2.45, 2.75) is 6.10 Å². The third kappa shape index (κ3) is 3.25. The molecule has 0 aliphatic carbocycles. The number of fused-ring (bicyclic) bond motifs is 1. The molecule has 0 spiro atoms. The number of nitrogens with two attached hydrogens (primary N) is 1. The summed E-state index contributed by atoms with van der Waals surface area (Å²) >= 11 is 0. The maximum absolute atomic E-state index is 10.9. The number of rotatable bonds is 5. The standard InChI is InChI=1S/C10H15BN2O5S/c1-19(15,16)13-6-17-8-4-2-3-7-9(5-12)18-11(14)10(7)8/h2-4,9,13-14H,5-6,12H2,1H3. The molecule has 1 atom stereocenters. The fraction of sp³-hybridized carbons (Fsp3) is 0.400. The van der Waals surface area contributed by atoms with Gasteiger partial charge in [-0.15, -0.1) is 0 Å². The molecular weight excluding hydrogens is 271 g/mol. The molecule has 0 aromatic heterocycles. The molecule has 0 saturated heterocycles. The zero-order valence-electron chi connectivity index (χ0n) is 10.4. The molecule has 9 heteroatoms. The highest BCUT2D eigenvalue weighted by molar-refractivity contribution is 7.88. The molecule has 104 valence electrons. The lowest BCUT2D eigenvalue weighted by Gasteiger charge is -2.11. The fourth-order valence-electron chi connectivity index (χ4n) is 1.93. The lowest BCUT2D eigenvalue weighted by molar-refractivity contribution is 0.198. The summed E-state index contributed by atoms with van der Waals surface area (Å²) in [5.41, 5.74) is 6.80. The van der Waals surface area contributed by atoms with Crippen LogP contribution in [-0.2, 0) is 14.7 Å². The molecule has 1 heterocycles. The van der Waals surface area contributed by atoms with E-state index < -0.39 is 17.1 Å². The minimum absolute atomic E-state index is 0.213. The van der Waals surface area contributed by atoms with Crippen molar-refractivity contribution in [3.8, 4) is 5.75 Å². The summed E-state index contributed by atoms with van der Waals surface area (Å²) in [5.74, 6) is 0.372. The molecular formula is C10H15BN2O5S. The van der Waals surface area contributed by atoms with Gasteiger partial charge in [-0.3, -0.25) is 0 Å². The van der Waals surface area contributed by atoms with Crippen molar-refractivity contribution in [3.05, 3.63) is 23.8 Å². The average molecular weight is 286 g/mol. The van der Waals surface area contributed by atoms with Crippen LogP contribution in [0.15, 0.2) is 18.2 Å². The van der Waals surface area contributed by atoms with E-state index in [1.807, 2.05) is 0 Å². The summed E-state index contributed by atoms with van der Waals surface area (Å²) in [4.78, 5) is 0. The van der Waals surface area contributed by atoms with Gasteiger partial charge in [0.15, 0.2) is 6.73 Å². The van der Waals surface area contributed by atoms with Gasteiger partial charge in [0.25, 0.3) is 0 Å². The largest absolute Gasteiger partial charge is 0.495 e. The van der Waals surface area contributed by atoms with Gasteiger partial charge in [-0.05, 0) is 11.6 Å². The Morgan fingerprint density at radius 3 is 2.95 bits per heavy atom. The average Bonchev–Trinajstić information content (AvgIpc) is 2.66. The van der Waals surface area contributed by atoms with Gasteiger partial charge in [-0.2, -0.15) is 4.72 Å². The number of hydrogen-bond acceptors (Lipinski definition) is 6. The van der Waals surface area contributed by atoms with Crippen LogP contribution in [-0.4, -0.2) is 40.1 Å². The van der Waals surface area contributed by atoms with E-state index in [9.17, 15) is 13.4 Å². The lowest BCUT2D eigenvalue weighted by Crippen LogP contribution is -2.32. The maximum atomic E-state index is 10.9. The number of sulfonamides is 1. The van der Waals surface area contributed by atoms with Gasteiger partial charge in [-0.1, -0.05) is 12.1 Å². The van der Waals surface area contributed by atoms with Crippen LogP contribution in [0.5, 0.6) is 5.75 Å². The first-order chi connectivity index (χ1) is 8.92. The van der Waals surface area contributed by atoms with E-state index in [-0.39, 0.29) is 19.4 Å². The van der Waals surface area contributed by atoms with Gasteiger partial charge in [0, 0.05) is 12.0 Å². The predicted octanol–water partition coefficient (Wildman–Crippen LogP) is -1.71. The highest BCUT2D eigenvalue weighted by atomic mass is 32.2. The van der Waals surface area contributed by atoms with Gasteiger partial charge in [0.2, 0.25) is 10.0 Å². The van der Waals surface area contributed by atoms with Gasteiger partial charge in [0.05, 0.1) is 12.4 Å². The molecule has 1 aromatic rings. The van der Waals surface area contributed by atoms with Crippen molar-refractivity contribution in [2.75, 3.05) is 19.5 Å². The van der Waals surface area contributed by atoms with E-state index >= 15 is 0 Å². The van der Waals surface area contributed by atoms with E-state index in [2.05, 4.69) is 4.72 Å². The van der Waals surface area contributed by atoms with Crippen molar-refractivity contribution in [3.63, 3.8) is 0 Å². The second-order valence-corrected chi connectivity index (χ2v) is 6.01. The van der Waals surface area contributed by atoms with Crippen LogP contribution < -0.4 is 20.7 Å². The Morgan fingerprint density at radius 2 is 2.32 bits per heavy atom. The van der Waals surface area contributed by atoms with Crippen LogP contribution in [0.25, 0.3) is 0 Å². The first-order valence-electron chi connectivity index (χ1n) is 5.66. The summed E-state index contributed by atoms with van der Waals surface area (Å²) in [6.45, 7) is 0.0321. The van der Waals surface area contributed by atoms with E-state index in [4.69, 9.17) is 15.1 Å². The SMILES string of the molecule is CS(=O)(=O)NCOc1cccc2c1B(O)OC2CN. The second-order valence-electron chi connectivity index (χ2n) is 4.18. The second kappa shape index (κ2) is 5.47. The monoisotopic (exact) mass is 286 g/mol. The summed E-state index contributed by atoms with van der Waals surface area (Å²) in [6, 6.07) is 5.16. The smallest absolute Gasteiger partial charge is 0.478 e. The van der Waals surface area contributed by atoms with Crippen LogP contribution in [0, 0.1) is 0 Å². The van der Waals surface area contributed by atoms with Crippen LogP contribution in [0.1, 0.15) is 11.7 Å². The minimum Gasteiger partial charge on any atom is -0.478 e. The lowest BCUT2D eigenvalue weighted by atomic mass is 9.78. The zero-order valence-corrected chi connectivity index (χ0v) is 11.2. The van der Waals surface area contributed by atoms with Crippen LogP contribution in [0.2, 0.25) is 0 Å². The molecule has 1 aliphatic rings. The summed E-state index contributed by atoms with van der Waals surface area (Å²) in [5, 5.41) is 9.83. The highest BCUT2D eigenvalue weighted by Crippen LogP contribution is 2.26. The van der Waals surface area contributed by atoms with Crippen LogP contribution >= 0.6 is 0 Å². The summed E-state index contributed by atoms with van der Waals surface area (Å²) < 4.78 is 34.7. The molecule has 1 aliphatic heterocycles. The van der Waals surface area contributed by atoms with Crippen molar-refractivity contribution >= 4 is 22.6 Å². The molecule has 2 rings (SSSR count). The Labute approximate surface area is 111 Å². The molecule has 1 aromatic carbocycles. The van der Waals surface area contributed by atoms with E-state index in [0.717, 1.165) is 11.8 Å². The highest BCUT2D eigenvalue weighted by Gasteiger charge is 2.37. The fourth-order valence-corrected chi connectivity index (χ4v) is 2.20. The topological polar surface area (TPSA) is 111 Å². The Bertz CT molecular complexity index is 565. The van der Waals surface area contributed by atoms with Crippen molar-refractivity contribution in [1.82, 2.24) is 4.72 Å². The minimum atomic E-state index is -3.33. The number of benzene rings is 1. The van der Waals surface area contributed by atoms with Gasteiger partial charge >= 0.3 is 7.12 Å². The quantitative estimate of drug-likeness (QED) is 0.439. The third-order valence-electron chi connectivity index (χ3n) is 2.75. The van der Waals surface area contributed by atoms with Crippen molar-refractivity contribution in [1.29, 1.82) is 0 Å². The Kier molecular flexibility index (Phi) is 4.12. The molecule has 0 saturated carbocycles. The number of ether oxygens (including phenoxy) is 1. The number of nitrogens with one attached hydrogen (secondary N) is 1. The van der Waals surface area contributed by atoms with Gasteiger partial charge in [0.1, 0.15) is 5.75 Å². The van der Waals surface area contributed by atoms with E-state index in [1.54, 1.807) is 18.2 Å². The normalized spacial score (nSPS) is 18.5.